The summed E-state index contributed by atoms with van der Waals surface area (Å²) in [5, 5.41) is 9.19. The Hall–Kier alpha value is -1.12. The van der Waals surface area contributed by atoms with E-state index in [1.165, 1.54) is 6.07 Å². The van der Waals surface area contributed by atoms with Crippen LogP contribution in [-0.4, -0.2) is 13.5 Å². The van der Waals surface area contributed by atoms with Gasteiger partial charge in [-0.05, 0) is 58.5 Å². The maximum atomic E-state index is 12.2. The van der Waals surface area contributed by atoms with E-state index >= 15 is 0 Å². The molecule has 0 fully saturated rings. The van der Waals surface area contributed by atoms with Gasteiger partial charge >= 0.3 is 0 Å². The van der Waals surface area contributed by atoms with Crippen molar-refractivity contribution in [2.24, 2.45) is 0 Å². The predicted molar refractivity (Wildman–Crippen MR) is 82.3 cm³/mol. The highest BCUT2D eigenvalue weighted by Crippen LogP contribution is 2.20. The first-order chi connectivity index (χ1) is 9.03. The second-order valence-corrected chi connectivity index (χ2v) is 6.77. The van der Waals surface area contributed by atoms with Crippen LogP contribution in [0.4, 0.5) is 5.69 Å². The highest BCUT2D eigenvalue weighted by Gasteiger charge is 2.17. The molecular weight excluding hydrogens is 377 g/mol. The maximum absolute atomic E-state index is 12.2. The minimum absolute atomic E-state index is 0.0936. The van der Waals surface area contributed by atoms with Gasteiger partial charge in [0.2, 0.25) is 0 Å². The van der Waals surface area contributed by atoms with Crippen molar-refractivity contribution in [2.45, 2.75) is 11.5 Å². The van der Waals surface area contributed by atoms with E-state index in [-0.39, 0.29) is 11.5 Å². The molecule has 0 aliphatic carbocycles. The fourth-order valence-corrected chi connectivity index (χ4v) is 3.28. The Labute approximate surface area is 125 Å². The molecule has 0 aromatic heterocycles. The summed E-state index contributed by atoms with van der Waals surface area (Å²) < 4.78 is 28.0. The van der Waals surface area contributed by atoms with Gasteiger partial charge in [0.15, 0.2) is 0 Å². The molecule has 4 nitrogen and oxygen atoms in total. The maximum Gasteiger partial charge on any atom is 0.262 e. The van der Waals surface area contributed by atoms with Crippen LogP contribution in [0.5, 0.6) is 0 Å². The van der Waals surface area contributed by atoms with Gasteiger partial charge < -0.3 is 5.11 Å². The molecule has 0 amide bonds. The molecular formula is C13H12INO3S. The van der Waals surface area contributed by atoms with Crippen molar-refractivity contribution >= 4 is 38.3 Å². The number of rotatable bonds is 4. The topological polar surface area (TPSA) is 66.4 Å². The molecule has 0 unspecified atom stereocenters. The summed E-state index contributed by atoms with van der Waals surface area (Å²) in [7, 11) is -3.68. The standard InChI is InChI=1S/C13H12INO3S/c14-11-5-7-12(8-6-11)15-19(17,18)13-4-2-1-3-10(13)9-16/h1-8,15-16H,9H2. The summed E-state index contributed by atoms with van der Waals surface area (Å²) in [6.45, 7) is -0.316. The number of sulfonamides is 1. The molecule has 2 N–H and O–H groups in total. The predicted octanol–water partition coefficient (Wildman–Crippen LogP) is 2.58. The third-order valence-electron chi connectivity index (χ3n) is 2.53. The second kappa shape index (κ2) is 5.89. The zero-order chi connectivity index (χ0) is 13.9. The summed E-state index contributed by atoms with van der Waals surface area (Å²) in [5.41, 5.74) is 0.869. The molecule has 0 saturated heterocycles. The molecule has 0 atom stereocenters. The summed E-state index contributed by atoms with van der Waals surface area (Å²) in [4.78, 5) is 0.0936. The molecule has 0 bridgehead atoms. The monoisotopic (exact) mass is 389 g/mol. The van der Waals surface area contributed by atoms with Crippen molar-refractivity contribution in [3.63, 3.8) is 0 Å². The average Bonchev–Trinajstić information content (AvgIpc) is 2.41. The van der Waals surface area contributed by atoms with E-state index in [0.29, 0.717) is 11.3 Å². The fraction of sp³-hybridized carbons (Fsp3) is 0.0769. The molecule has 0 saturated carbocycles. The zero-order valence-electron chi connectivity index (χ0n) is 9.88. The van der Waals surface area contributed by atoms with Crippen LogP contribution in [0.1, 0.15) is 5.56 Å². The van der Waals surface area contributed by atoms with E-state index in [1.807, 2.05) is 12.1 Å². The molecule has 2 rings (SSSR count). The van der Waals surface area contributed by atoms with Crippen LogP contribution < -0.4 is 4.72 Å². The zero-order valence-corrected chi connectivity index (χ0v) is 12.8. The Bertz CT molecular complexity index is 669. The van der Waals surface area contributed by atoms with Crippen LogP contribution in [0.3, 0.4) is 0 Å². The molecule has 6 heteroatoms. The average molecular weight is 389 g/mol. The summed E-state index contributed by atoms with van der Waals surface area (Å²) >= 11 is 2.15. The molecule has 0 aliphatic heterocycles. The third-order valence-corrected chi connectivity index (χ3v) is 4.73. The molecule has 2 aromatic carbocycles. The molecule has 100 valence electrons. The van der Waals surface area contributed by atoms with E-state index in [2.05, 4.69) is 27.3 Å². The Balaban J connectivity index is 2.35. The van der Waals surface area contributed by atoms with Gasteiger partial charge in [0.05, 0.1) is 11.5 Å². The van der Waals surface area contributed by atoms with Crippen molar-refractivity contribution in [3.8, 4) is 0 Å². The number of benzene rings is 2. The largest absolute Gasteiger partial charge is 0.392 e. The summed E-state index contributed by atoms with van der Waals surface area (Å²) in [6.07, 6.45) is 0. The first-order valence-corrected chi connectivity index (χ1v) is 8.06. The summed E-state index contributed by atoms with van der Waals surface area (Å²) in [6, 6.07) is 13.4. The lowest BCUT2D eigenvalue weighted by Crippen LogP contribution is -2.15. The van der Waals surface area contributed by atoms with E-state index in [1.54, 1.807) is 30.3 Å². The van der Waals surface area contributed by atoms with Gasteiger partial charge in [-0.3, -0.25) is 4.72 Å². The minimum atomic E-state index is -3.68. The van der Waals surface area contributed by atoms with Crippen molar-refractivity contribution < 1.29 is 13.5 Å². The van der Waals surface area contributed by atoms with E-state index < -0.39 is 10.0 Å². The molecule has 0 spiro atoms. The number of nitrogens with one attached hydrogen (secondary N) is 1. The molecule has 0 aliphatic rings. The Kier molecular flexibility index (Phi) is 4.43. The van der Waals surface area contributed by atoms with E-state index in [4.69, 9.17) is 0 Å². The number of aliphatic hydroxyl groups is 1. The van der Waals surface area contributed by atoms with Crippen LogP contribution in [-0.2, 0) is 16.6 Å². The van der Waals surface area contributed by atoms with Gasteiger partial charge in [0, 0.05) is 9.26 Å². The Morgan fingerprint density at radius 3 is 2.32 bits per heavy atom. The third kappa shape index (κ3) is 3.46. The lowest BCUT2D eigenvalue weighted by atomic mass is 10.2. The Morgan fingerprint density at radius 1 is 1.05 bits per heavy atom. The van der Waals surface area contributed by atoms with Crippen molar-refractivity contribution in [2.75, 3.05) is 4.72 Å². The highest BCUT2D eigenvalue weighted by atomic mass is 127. The van der Waals surface area contributed by atoms with Crippen molar-refractivity contribution in [1.82, 2.24) is 0 Å². The number of anilines is 1. The summed E-state index contributed by atoms with van der Waals surface area (Å²) in [5.74, 6) is 0. The smallest absolute Gasteiger partial charge is 0.262 e. The molecule has 0 heterocycles. The SMILES string of the molecule is O=S(=O)(Nc1ccc(I)cc1)c1ccccc1CO. The van der Waals surface area contributed by atoms with Crippen molar-refractivity contribution in [3.05, 3.63) is 57.7 Å². The van der Waals surface area contributed by atoms with Crippen LogP contribution in [0.15, 0.2) is 53.4 Å². The van der Waals surface area contributed by atoms with Gasteiger partial charge in [-0.25, -0.2) is 8.42 Å². The van der Waals surface area contributed by atoms with Gasteiger partial charge in [0.1, 0.15) is 0 Å². The first kappa shape index (κ1) is 14.3. The van der Waals surface area contributed by atoms with Crippen LogP contribution >= 0.6 is 22.6 Å². The quantitative estimate of drug-likeness (QED) is 0.791. The van der Waals surface area contributed by atoms with Gasteiger partial charge in [-0.2, -0.15) is 0 Å². The first-order valence-electron chi connectivity index (χ1n) is 5.50. The van der Waals surface area contributed by atoms with Gasteiger partial charge in [-0.15, -0.1) is 0 Å². The lowest BCUT2D eigenvalue weighted by molar-refractivity contribution is 0.278. The van der Waals surface area contributed by atoms with Gasteiger partial charge in [0.25, 0.3) is 10.0 Å². The second-order valence-electron chi connectivity index (χ2n) is 3.88. The highest BCUT2D eigenvalue weighted by molar-refractivity contribution is 14.1. The van der Waals surface area contributed by atoms with Crippen LogP contribution in [0, 0.1) is 3.57 Å². The van der Waals surface area contributed by atoms with Gasteiger partial charge in [-0.1, -0.05) is 18.2 Å². The number of hydrogen-bond acceptors (Lipinski definition) is 3. The number of hydrogen-bond donors (Lipinski definition) is 2. The lowest BCUT2D eigenvalue weighted by Gasteiger charge is -2.11. The van der Waals surface area contributed by atoms with Crippen molar-refractivity contribution in [1.29, 1.82) is 0 Å². The Morgan fingerprint density at radius 2 is 1.68 bits per heavy atom. The number of halogens is 1. The number of aliphatic hydroxyl groups excluding tert-OH is 1. The van der Waals surface area contributed by atoms with Crippen LogP contribution in [0.2, 0.25) is 0 Å². The van der Waals surface area contributed by atoms with E-state index in [0.717, 1.165) is 3.57 Å². The molecule has 0 radical (unpaired) electrons. The van der Waals surface area contributed by atoms with Crippen LogP contribution in [0.25, 0.3) is 0 Å². The fourth-order valence-electron chi connectivity index (χ4n) is 1.62. The normalized spacial score (nSPS) is 11.3. The molecule has 19 heavy (non-hydrogen) atoms. The molecule has 2 aromatic rings. The minimum Gasteiger partial charge on any atom is -0.392 e. The van der Waals surface area contributed by atoms with E-state index in [9.17, 15) is 13.5 Å².